The van der Waals surface area contributed by atoms with Crippen LogP contribution < -0.4 is 5.30 Å². The lowest BCUT2D eigenvalue weighted by Crippen LogP contribution is -2.05. The third-order valence-electron chi connectivity index (χ3n) is 2.91. The summed E-state index contributed by atoms with van der Waals surface area (Å²) in [6.45, 7) is 0. The lowest BCUT2D eigenvalue weighted by molar-refractivity contribution is 0.388. The van der Waals surface area contributed by atoms with E-state index in [1.807, 2.05) is 24.3 Å². The minimum Gasteiger partial charge on any atom is -0.321 e. The van der Waals surface area contributed by atoms with Gasteiger partial charge < -0.3 is 9.79 Å². The van der Waals surface area contributed by atoms with Gasteiger partial charge in [0, 0.05) is 17.0 Å². The summed E-state index contributed by atoms with van der Waals surface area (Å²) in [6, 6.07) is 12.3. The molecule has 0 fully saturated rings. The van der Waals surface area contributed by atoms with Gasteiger partial charge in [-0.15, -0.1) is 0 Å². The van der Waals surface area contributed by atoms with Crippen molar-refractivity contribution in [1.82, 2.24) is 4.98 Å². The molecule has 90 valence electrons. The molecule has 2 aromatic carbocycles. The van der Waals surface area contributed by atoms with Gasteiger partial charge in [0.25, 0.3) is 0 Å². The van der Waals surface area contributed by atoms with Gasteiger partial charge in [-0.1, -0.05) is 30.3 Å². The van der Waals surface area contributed by atoms with E-state index in [2.05, 4.69) is 4.98 Å². The minimum absolute atomic E-state index is 0.0318. The van der Waals surface area contributed by atoms with Gasteiger partial charge in [0.1, 0.15) is 0 Å². The number of hydrogen-bond acceptors (Lipinski definition) is 2. The van der Waals surface area contributed by atoms with Crippen molar-refractivity contribution in [3.8, 4) is 0 Å². The van der Waals surface area contributed by atoms with Crippen LogP contribution in [0.4, 0.5) is 0 Å². The van der Waals surface area contributed by atoms with Gasteiger partial charge in [0.05, 0.1) is 10.8 Å². The molecule has 0 aliphatic heterocycles. The van der Waals surface area contributed by atoms with Crippen LogP contribution in [0.15, 0.2) is 48.7 Å². The van der Waals surface area contributed by atoms with Gasteiger partial charge in [-0.3, -0.25) is 9.55 Å². The topological polar surface area (TPSA) is 70.4 Å². The second-order valence-corrected chi connectivity index (χ2v) is 5.63. The average molecular weight is 259 g/mol. The number of benzene rings is 2. The molecular formula is C13H10NO3P. The minimum atomic E-state index is -4.31. The van der Waals surface area contributed by atoms with Gasteiger partial charge in [-0.05, 0) is 17.5 Å². The molecule has 0 unspecified atom stereocenters. The van der Waals surface area contributed by atoms with Crippen LogP contribution >= 0.6 is 7.60 Å². The lowest BCUT2D eigenvalue weighted by Gasteiger charge is -2.10. The zero-order chi connectivity index (χ0) is 12.8. The van der Waals surface area contributed by atoms with Crippen molar-refractivity contribution >= 4 is 34.6 Å². The molecule has 5 heteroatoms. The Kier molecular flexibility index (Phi) is 2.45. The van der Waals surface area contributed by atoms with Crippen LogP contribution in [-0.2, 0) is 4.57 Å². The average Bonchev–Trinajstić information content (AvgIpc) is 2.36. The molecule has 0 saturated heterocycles. The molecule has 0 atom stereocenters. The van der Waals surface area contributed by atoms with E-state index in [9.17, 15) is 14.4 Å². The van der Waals surface area contributed by atoms with Crippen molar-refractivity contribution in [2.24, 2.45) is 0 Å². The molecule has 0 aliphatic rings. The van der Waals surface area contributed by atoms with Crippen molar-refractivity contribution in [2.45, 2.75) is 0 Å². The summed E-state index contributed by atoms with van der Waals surface area (Å²) in [5.74, 6) is 0. The molecular weight excluding hydrogens is 249 g/mol. The molecule has 1 heterocycles. The van der Waals surface area contributed by atoms with E-state index >= 15 is 0 Å². The van der Waals surface area contributed by atoms with Crippen LogP contribution in [-0.4, -0.2) is 14.8 Å². The third kappa shape index (κ3) is 1.71. The van der Waals surface area contributed by atoms with Crippen molar-refractivity contribution < 1.29 is 14.4 Å². The largest absolute Gasteiger partial charge is 0.356 e. The van der Waals surface area contributed by atoms with Crippen LogP contribution in [0.5, 0.6) is 0 Å². The molecule has 2 N–H and O–H groups in total. The second kappa shape index (κ2) is 3.89. The molecule has 0 bridgehead atoms. The zero-order valence-electron chi connectivity index (χ0n) is 9.32. The summed E-state index contributed by atoms with van der Waals surface area (Å²) < 4.78 is 11.6. The van der Waals surface area contributed by atoms with E-state index in [1.54, 1.807) is 18.3 Å². The first-order valence-corrected chi connectivity index (χ1v) is 7.01. The van der Waals surface area contributed by atoms with E-state index in [1.165, 1.54) is 6.07 Å². The number of hydrogen-bond donors (Lipinski definition) is 2. The van der Waals surface area contributed by atoms with Gasteiger partial charge >= 0.3 is 7.60 Å². The number of aromatic nitrogens is 1. The molecule has 3 aromatic rings. The number of fused-ring (bicyclic) bond motifs is 3. The standard InChI is InChI=1S/C13H10NO3P/c15-18(16,17)11-5-1-3-9-6-7-10-4-2-8-14-13(10)12(9)11/h1-8H,(H2,15,16,17). The van der Waals surface area contributed by atoms with Gasteiger partial charge in [-0.2, -0.15) is 0 Å². The van der Waals surface area contributed by atoms with E-state index in [-0.39, 0.29) is 5.30 Å². The Bertz CT molecular complexity index is 794. The Morgan fingerprint density at radius 3 is 2.44 bits per heavy atom. The molecule has 0 spiro atoms. The Balaban J connectivity index is 2.59. The van der Waals surface area contributed by atoms with Crippen LogP contribution in [0.1, 0.15) is 0 Å². The molecule has 0 aliphatic carbocycles. The van der Waals surface area contributed by atoms with Gasteiger partial charge in [0.15, 0.2) is 0 Å². The Morgan fingerprint density at radius 2 is 1.67 bits per heavy atom. The fourth-order valence-electron chi connectivity index (χ4n) is 2.14. The van der Waals surface area contributed by atoms with Crippen molar-refractivity contribution in [2.75, 3.05) is 0 Å². The first kappa shape index (κ1) is 11.4. The Morgan fingerprint density at radius 1 is 0.944 bits per heavy atom. The summed E-state index contributed by atoms with van der Waals surface area (Å²) in [5.41, 5.74) is 0.619. The maximum atomic E-state index is 11.6. The summed E-state index contributed by atoms with van der Waals surface area (Å²) >= 11 is 0. The summed E-state index contributed by atoms with van der Waals surface area (Å²) in [7, 11) is -4.31. The van der Waals surface area contributed by atoms with Crippen LogP contribution in [0.3, 0.4) is 0 Å². The highest BCUT2D eigenvalue weighted by atomic mass is 31.2. The smallest absolute Gasteiger partial charge is 0.321 e. The summed E-state index contributed by atoms with van der Waals surface area (Å²) in [6.07, 6.45) is 1.62. The quantitative estimate of drug-likeness (QED) is 0.519. The molecule has 3 rings (SSSR count). The first-order chi connectivity index (χ1) is 8.57. The highest BCUT2D eigenvalue weighted by Gasteiger charge is 2.21. The summed E-state index contributed by atoms with van der Waals surface area (Å²) in [4.78, 5) is 23.1. The summed E-state index contributed by atoms with van der Waals surface area (Å²) in [5, 5.41) is 2.21. The normalized spacial score (nSPS) is 12.1. The van der Waals surface area contributed by atoms with Crippen LogP contribution in [0.25, 0.3) is 21.7 Å². The molecule has 4 nitrogen and oxygen atoms in total. The number of nitrogens with zero attached hydrogens (tertiary/aromatic N) is 1. The number of pyridine rings is 1. The highest BCUT2D eigenvalue weighted by Crippen LogP contribution is 2.38. The second-order valence-electron chi connectivity index (χ2n) is 4.06. The van der Waals surface area contributed by atoms with E-state index in [0.717, 1.165) is 10.8 Å². The molecule has 0 amide bonds. The lowest BCUT2D eigenvalue weighted by atomic mass is 10.1. The van der Waals surface area contributed by atoms with Crippen molar-refractivity contribution in [1.29, 1.82) is 0 Å². The van der Waals surface area contributed by atoms with Crippen molar-refractivity contribution in [3.63, 3.8) is 0 Å². The maximum Gasteiger partial charge on any atom is 0.356 e. The third-order valence-corrected chi connectivity index (χ3v) is 3.91. The fourth-order valence-corrected chi connectivity index (χ4v) is 2.94. The monoisotopic (exact) mass is 259 g/mol. The maximum absolute atomic E-state index is 11.6. The molecule has 18 heavy (non-hydrogen) atoms. The van der Waals surface area contributed by atoms with Gasteiger partial charge in [0.2, 0.25) is 0 Å². The highest BCUT2D eigenvalue weighted by molar-refractivity contribution is 7.60. The molecule has 0 saturated carbocycles. The Labute approximate surface area is 103 Å². The molecule has 0 radical (unpaired) electrons. The van der Waals surface area contributed by atoms with Crippen LogP contribution in [0, 0.1) is 0 Å². The van der Waals surface area contributed by atoms with E-state index < -0.39 is 7.60 Å². The van der Waals surface area contributed by atoms with Gasteiger partial charge in [-0.25, -0.2) is 0 Å². The van der Waals surface area contributed by atoms with Crippen molar-refractivity contribution in [3.05, 3.63) is 48.7 Å². The molecule has 1 aromatic heterocycles. The van der Waals surface area contributed by atoms with E-state index in [4.69, 9.17) is 0 Å². The fraction of sp³-hybridized carbons (Fsp3) is 0. The Hall–Kier alpha value is -1.74. The predicted octanol–water partition coefficient (Wildman–Crippen LogP) is 2.19. The predicted molar refractivity (Wildman–Crippen MR) is 70.9 cm³/mol. The zero-order valence-corrected chi connectivity index (χ0v) is 10.2. The van der Waals surface area contributed by atoms with E-state index in [0.29, 0.717) is 10.9 Å². The van der Waals surface area contributed by atoms with Crippen LogP contribution in [0.2, 0.25) is 0 Å². The SMILES string of the molecule is O=P(O)(O)c1cccc2ccc3cccnc3c12. The number of rotatable bonds is 1. The first-order valence-electron chi connectivity index (χ1n) is 5.40.